The van der Waals surface area contributed by atoms with E-state index >= 15 is 0 Å². The Labute approximate surface area is 134 Å². The predicted molar refractivity (Wildman–Crippen MR) is 79.9 cm³/mol. The van der Waals surface area contributed by atoms with E-state index in [9.17, 15) is 18.3 Å². The van der Waals surface area contributed by atoms with Crippen molar-refractivity contribution in [1.29, 1.82) is 0 Å². The number of benzene rings is 1. The van der Waals surface area contributed by atoms with E-state index in [4.69, 9.17) is 5.73 Å². The highest BCUT2D eigenvalue weighted by atomic mass is 35.5. The normalized spacial score (nSPS) is 19.1. The molecule has 0 heterocycles. The van der Waals surface area contributed by atoms with Gasteiger partial charge in [-0.1, -0.05) is 31.4 Å². The first-order valence-corrected chi connectivity index (χ1v) is 7.16. The molecular weight excluding hydrogens is 319 g/mol. The van der Waals surface area contributed by atoms with E-state index in [0.29, 0.717) is 5.56 Å². The van der Waals surface area contributed by atoms with Crippen molar-refractivity contribution in [3.8, 4) is 5.75 Å². The molecule has 126 valence electrons. The topological polar surface area (TPSA) is 55.5 Å². The fourth-order valence-electron chi connectivity index (χ4n) is 2.86. The molecule has 3 N–H and O–H groups in total. The number of hydrogen-bond donors (Lipinski definition) is 2. The van der Waals surface area contributed by atoms with Gasteiger partial charge in [0.1, 0.15) is 5.75 Å². The van der Waals surface area contributed by atoms with E-state index < -0.39 is 18.5 Å². The second-order valence-electron chi connectivity index (χ2n) is 5.53. The molecule has 3 nitrogen and oxygen atoms in total. The van der Waals surface area contributed by atoms with Crippen LogP contribution in [0.3, 0.4) is 0 Å². The maximum atomic E-state index is 12.1. The van der Waals surface area contributed by atoms with Crippen molar-refractivity contribution in [2.45, 2.75) is 50.6 Å². The molecule has 1 aromatic carbocycles. The number of nitrogens with two attached hydrogens (primary N) is 1. The third-order valence-corrected chi connectivity index (χ3v) is 4.00. The summed E-state index contributed by atoms with van der Waals surface area (Å²) in [5.74, 6) is -0.120. The number of ether oxygens (including phenoxy) is 1. The highest BCUT2D eigenvalue weighted by Gasteiger charge is 2.31. The third-order valence-electron chi connectivity index (χ3n) is 4.00. The van der Waals surface area contributed by atoms with E-state index in [1.165, 1.54) is 30.7 Å². The van der Waals surface area contributed by atoms with Crippen molar-refractivity contribution in [3.05, 3.63) is 29.8 Å². The number of halogens is 4. The highest BCUT2D eigenvalue weighted by molar-refractivity contribution is 5.85. The van der Waals surface area contributed by atoms with Gasteiger partial charge in [-0.2, -0.15) is 0 Å². The molecule has 2 rings (SSSR count). The van der Waals surface area contributed by atoms with Crippen LogP contribution >= 0.6 is 12.4 Å². The number of hydrogen-bond acceptors (Lipinski definition) is 3. The zero-order chi connectivity index (χ0) is 15.5. The van der Waals surface area contributed by atoms with Gasteiger partial charge in [-0.25, -0.2) is 0 Å². The molecule has 1 saturated carbocycles. The predicted octanol–water partition coefficient (Wildman–Crippen LogP) is 3.95. The Morgan fingerprint density at radius 2 is 1.64 bits per heavy atom. The monoisotopic (exact) mass is 339 g/mol. The summed E-state index contributed by atoms with van der Waals surface area (Å²) in [6.45, 7) is 0. The van der Waals surface area contributed by atoms with Crippen LogP contribution < -0.4 is 10.5 Å². The lowest BCUT2D eigenvalue weighted by Gasteiger charge is -2.30. The SMILES string of the molecule is Cl.N[C@@H](c1ccc(OC(F)(F)F)cc1)[C@H](O)C1CCCCC1. The highest BCUT2D eigenvalue weighted by Crippen LogP contribution is 2.32. The second-order valence-corrected chi connectivity index (χ2v) is 5.53. The van der Waals surface area contributed by atoms with Gasteiger partial charge in [0.25, 0.3) is 0 Å². The van der Waals surface area contributed by atoms with Crippen LogP contribution in [-0.2, 0) is 0 Å². The van der Waals surface area contributed by atoms with Crippen LogP contribution in [0.4, 0.5) is 13.2 Å². The van der Waals surface area contributed by atoms with Crippen molar-refractivity contribution in [2.24, 2.45) is 11.7 Å². The van der Waals surface area contributed by atoms with Crippen molar-refractivity contribution in [3.63, 3.8) is 0 Å². The van der Waals surface area contributed by atoms with Crippen LogP contribution in [0.15, 0.2) is 24.3 Å². The van der Waals surface area contributed by atoms with Crippen molar-refractivity contribution < 1.29 is 23.0 Å². The first-order chi connectivity index (χ1) is 9.87. The molecule has 0 aromatic heterocycles. The van der Waals surface area contributed by atoms with E-state index in [-0.39, 0.29) is 24.1 Å². The third kappa shape index (κ3) is 5.34. The molecule has 0 bridgehead atoms. The van der Waals surface area contributed by atoms with Crippen LogP contribution in [0.25, 0.3) is 0 Å². The Balaban J connectivity index is 0.00000242. The Hall–Kier alpha value is -0.980. The van der Waals surface area contributed by atoms with Gasteiger partial charge in [0.05, 0.1) is 12.1 Å². The van der Waals surface area contributed by atoms with Crippen molar-refractivity contribution >= 4 is 12.4 Å². The van der Waals surface area contributed by atoms with Gasteiger partial charge in [-0.3, -0.25) is 0 Å². The lowest BCUT2D eigenvalue weighted by Crippen LogP contribution is -2.34. The standard InChI is InChI=1S/C15H20F3NO2.ClH/c16-15(17,18)21-12-8-6-10(7-9-12)13(19)14(20)11-4-2-1-3-5-11;/h6-9,11,13-14,20H,1-5,19H2;1H/t13-,14+;/m0./s1. The minimum atomic E-state index is -4.70. The van der Waals surface area contributed by atoms with Gasteiger partial charge in [0, 0.05) is 0 Å². The first kappa shape index (κ1) is 19.1. The van der Waals surface area contributed by atoms with Gasteiger partial charge >= 0.3 is 6.36 Å². The van der Waals surface area contributed by atoms with Crippen molar-refractivity contribution in [2.75, 3.05) is 0 Å². The summed E-state index contributed by atoms with van der Waals surface area (Å²) in [7, 11) is 0. The minimum Gasteiger partial charge on any atom is -0.406 e. The Kier molecular flexibility index (Phi) is 6.97. The summed E-state index contributed by atoms with van der Waals surface area (Å²) in [6, 6.07) is 4.79. The molecule has 0 amide bonds. The summed E-state index contributed by atoms with van der Waals surface area (Å²) in [5.41, 5.74) is 6.65. The maximum absolute atomic E-state index is 12.1. The summed E-state index contributed by atoms with van der Waals surface area (Å²) in [6.07, 6.45) is -0.110. The molecular formula is C15H21ClF3NO2. The molecule has 1 aliphatic carbocycles. The van der Waals surface area contributed by atoms with Gasteiger partial charge in [0.15, 0.2) is 0 Å². The van der Waals surface area contributed by atoms with Crippen LogP contribution in [0.5, 0.6) is 5.75 Å². The lowest BCUT2D eigenvalue weighted by atomic mass is 9.81. The zero-order valence-electron chi connectivity index (χ0n) is 12.1. The molecule has 1 aromatic rings. The average molecular weight is 340 g/mol. The van der Waals surface area contributed by atoms with Gasteiger partial charge in [-0.15, -0.1) is 25.6 Å². The van der Waals surface area contributed by atoms with E-state index in [2.05, 4.69) is 4.74 Å². The number of rotatable bonds is 4. The lowest BCUT2D eigenvalue weighted by molar-refractivity contribution is -0.274. The molecule has 0 spiro atoms. The molecule has 22 heavy (non-hydrogen) atoms. The first-order valence-electron chi connectivity index (χ1n) is 7.16. The number of alkyl halides is 3. The molecule has 0 saturated heterocycles. The van der Waals surface area contributed by atoms with Crippen LogP contribution in [0, 0.1) is 5.92 Å². The van der Waals surface area contributed by atoms with Gasteiger partial charge in [-0.05, 0) is 36.5 Å². The molecule has 1 fully saturated rings. The summed E-state index contributed by atoms with van der Waals surface area (Å²) >= 11 is 0. The van der Waals surface area contributed by atoms with Gasteiger partial charge < -0.3 is 15.6 Å². The molecule has 1 aliphatic rings. The Morgan fingerprint density at radius 1 is 1.09 bits per heavy atom. The van der Waals surface area contributed by atoms with Crippen LogP contribution in [0.2, 0.25) is 0 Å². The maximum Gasteiger partial charge on any atom is 0.573 e. The fraction of sp³-hybridized carbons (Fsp3) is 0.600. The average Bonchev–Trinajstić information content (AvgIpc) is 2.46. The smallest absolute Gasteiger partial charge is 0.406 e. The van der Waals surface area contributed by atoms with Gasteiger partial charge in [0.2, 0.25) is 0 Å². The van der Waals surface area contributed by atoms with E-state index in [0.717, 1.165) is 25.7 Å². The Bertz CT molecular complexity index is 447. The van der Waals surface area contributed by atoms with Crippen LogP contribution in [0.1, 0.15) is 43.7 Å². The van der Waals surface area contributed by atoms with E-state index in [1.54, 1.807) is 0 Å². The second kappa shape index (κ2) is 8.04. The summed E-state index contributed by atoms with van der Waals surface area (Å²) in [5, 5.41) is 10.3. The van der Waals surface area contributed by atoms with E-state index in [1.807, 2.05) is 0 Å². The van der Waals surface area contributed by atoms with Crippen molar-refractivity contribution in [1.82, 2.24) is 0 Å². The molecule has 2 atom stereocenters. The number of aliphatic hydroxyl groups excluding tert-OH is 1. The molecule has 0 radical (unpaired) electrons. The Morgan fingerprint density at radius 3 is 2.14 bits per heavy atom. The quantitative estimate of drug-likeness (QED) is 0.873. The largest absolute Gasteiger partial charge is 0.573 e. The zero-order valence-corrected chi connectivity index (χ0v) is 12.9. The molecule has 0 unspecified atom stereocenters. The molecule has 7 heteroatoms. The fourth-order valence-corrected chi connectivity index (χ4v) is 2.86. The summed E-state index contributed by atoms with van der Waals surface area (Å²) < 4.78 is 40.1. The number of aliphatic hydroxyl groups is 1. The van der Waals surface area contributed by atoms with Crippen LogP contribution in [-0.4, -0.2) is 17.6 Å². The minimum absolute atomic E-state index is 0. The molecule has 0 aliphatic heterocycles. The summed E-state index contributed by atoms with van der Waals surface area (Å²) in [4.78, 5) is 0.